The van der Waals surface area contributed by atoms with E-state index in [2.05, 4.69) is 47.1 Å². The highest BCUT2D eigenvalue weighted by molar-refractivity contribution is 6.35. The molecule has 0 radical (unpaired) electrons. The van der Waals surface area contributed by atoms with Crippen molar-refractivity contribution < 1.29 is 9.59 Å². The maximum Gasteiger partial charge on any atom is 0.329 e. The molecule has 6 heteroatoms. The Labute approximate surface area is 166 Å². The van der Waals surface area contributed by atoms with E-state index in [1.807, 2.05) is 19.9 Å². The van der Waals surface area contributed by atoms with Crippen molar-refractivity contribution >= 4 is 18.0 Å². The second-order valence-electron chi connectivity index (χ2n) is 7.50. The van der Waals surface area contributed by atoms with Crippen LogP contribution in [-0.2, 0) is 9.59 Å². The number of carbonyl (C=O) groups is 2. The molecule has 1 fully saturated rings. The minimum atomic E-state index is -0.679. The van der Waals surface area contributed by atoms with Gasteiger partial charge >= 0.3 is 11.8 Å². The first-order valence-corrected chi connectivity index (χ1v) is 9.77. The monoisotopic (exact) mass is 380 g/mol. The van der Waals surface area contributed by atoms with Crippen molar-refractivity contribution in [3.05, 3.63) is 52.3 Å². The summed E-state index contributed by atoms with van der Waals surface area (Å²) >= 11 is 0. The molecule has 1 N–H and O–H groups in total. The van der Waals surface area contributed by atoms with Crippen molar-refractivity contribution in [2.24, 2.45) is 5.10 Å². The summed E-state index contributed by atoms with van der Waals surface area (Å²) in [5.74, 6) is -1.18. The molecule has 1 saturated heterocycles. The molecule has 0 bridgehead atoms. The molecule has 1 aromatic heterocycles. The van der Waals surface area contributed by atoms with Crippen molar-refractivity contribution in [1.82, 2.24) is 14.9 Å². The topological polar surface area (TPSA) is 66.7 Å². The van der Waals surface area contributed by atoms with Gasteiger partial charge in [-0.1, -0.05) is 17.7 Å². The summed E-state index contributed by atoms with van der Waals surface area (Å²) in [6.07, 6.45) is 4.61. The van der Waals surface area contributed by atoms with E-state index in [9.17, 15) is 9.59 Å². The third-order valence-corrected chi connectivity index (χ3v) is 5.27. The van der Waals surface area contributed by atoms with E-state index in [0.717, 1.165) is 41.9 Å². The van der Waals surface area contributed by atoms with Crippen LogP contribution in [0.5, 0.6) is 0 Å². The van der Waals surface area contributed by atoms with Gasteiger partial charge in [-0.25, -0.2) is 5.43 Å². The number of aryl methyl sites for hydroxylation is 3. The summed E-state index contributed by atoms with van der Waals surface area (Å²) in [5, 5.41) is 4.02. The lowest BCUT2D eigenvalue weighted by molar-refractivity contribution is -0.146. The van der Waals surface area contributed by atoms with Gasteiger partial charge in [-0.3, -0.25) is 9.59 Å². The molecule has 148 valence electrons. The molecule has 0 aliphatic carbocycles. The van der Waals surface area contributed by atoms with Crippen molar-refractivity contribution in [3.8, 4) is 5.69 Å². The van der Waals surface area contributed by atoms with Gasteiger partial charge in [0.2, 0.25) is 0 Å². The summed E-state index contributed by atoms with van der Waals surface area (Å²) in [7, 11) is 0. The number of carbonyl (C=O) groups excluding carboxylic acids is 2. The predicted octanol–water partition coefficient (Wildman–Crippen LogP) is 3.17. The molecule has 0 unspecified atom stereocenters. The lowest BCUT2D eigenvalue weighted by atomic mass is 10.1. The third-order valence-electron chi connectivity index (χ3n) is 5.27. The molecule has 1 aromatic carbocycles. The van der Waals surface area contributed by atoms with Gasteiger partial charge in [-0.15, -0.1) is 0 Å². The van der Waals surface area contributed by atoms with Crippen molar-refractivity contribution in [2.75, 3.05) is 13.1 Å². The maximum atomic E-state index is 12.2. The smallest absolute Gasteiger partial charge is 0.329 e. The summed E-state index contributed by atoms with van der Waals surface area (Å²) in [5.41, 5.74) is 8.95. The number of likely N-dealkylation sites (tertiary alicyclic amines) is 1. The van der Waals surface area contributed by atoms with Gasteiger partial charge in [-0.05, 0) is 64.7 Å². The fourth-order valence-electron chi connectivity index (χ4n) is 3.79. The first-order valence-electron chi connectivity index (χ1n) is 9.77. The van der Waals surface area contributed by atoms with Gasteiger partial charge in [-0.2, -0.15) is 5.10 Å². The lowest BCUT2D eigenvalue weighted by Crippen LogP contribution is -2.43. The van der Waals surface area contributed by atoms with Crippen LogP contribution in [-0.4, -0.2) is 40.6 Å². The van der Waals surface area contributed by atoms with Gasteiger partial charge in [0.05, 0.1) is 6.21 Å². The van der Waals surface area contributed by atoms with Crippen LogP contribution >= 0.6 is 0 Å². The molecule has 2 heterocycles. The van der Waals surface area contributed by atoms with Crippen LogP contribution in [0.3, 0.4) is 0 Å². The fraction of sp³-hybridized carbons (Fsp3) is 0.409. The Kier molecular flexibility index (Phi) is 5.97. The molecule has 0 saturated carbocycles. The van der Waals surface area contributed by atoms with E-state index >= 15 is 0 Å². The van der Waals surface area contributed by atoms with Crippen LogP contribution < -0.4 is 5.43 Å². The Morgan fingerprint density at radius 2 is 1.75 bits per heavy atom. The molecule has 2 amide bonds. The van der Waals surface area contributed by atoms with E-state index in [0.29, 0.717) is 13.1 Å². The predicted molar refractivity (Wildman–Crippen MR) is 111 cm³/mol. The Morgan fingerprint density at radius 3 is 2.43 bits per heavy atom. The quantitative estimate of drug-likeness (QED) is 0.505. The first kappa shape index (κ1) is 19.9. The molecule has 6 nitrogen and oxygen atoms in total. The number of aromatic nitrogens is 1. The lowest BCUT2D eigenvalue weighted by Gasteiger charge is -2.25. The molecule has 28 heavy (non-hydrogen) atoms. The normalized spacial score (nSPS) is 14.5. The number of hydrogen-bond donors (Lipinski definition) is 1. The van der Waals surface area contributed by atoms with Crippen LogP contribution in [0.1, 0.15) is 47.3 Å². The molecule has 0 atom stereocenters. The minimum absolute atomic E-state index is 0.502. The average molecular weight is 380 g/mol. The zero-order valence-electron chi connectivity index (χ0n) is 17.1. The van der Waals surface area contributed by atoms with E-state index in [1.165, 1.54) is 11.1 Å². The maximum absolute atomic E-state index is 12.2. The van der Waals surface area contributed by atoms with E-state index in [1.54, 1.807) is 11.1 Å². The number of hydrogen-bond acceptors (Lipinski definition) is 3. The van der Waals surface area contributed by atoms with Crippen molar-refractivity contribution in [3.63, 3.8) is 0 Å². The Hall–Kier alpha value is -2.89. The highest BCUT2D eigenvalue weighted by atomic mass is 16.2. The molecule has 3 rings (SSSR count). The Bertz CT molecular complexity index is 921. The average Bonchev–Trinajstić information content (AvgIpc) is 2.95. The van der Waals surface area contributed by atoms with Gasteiger partial charge in [0.1, 0.15) is 0 Å². The van der Waals surface area contributed by atoms with Crippen molar-refractivity contribution in [1.29, 1.82) is 0 Å². The fourth-order valence-corrected chi connectivity index (χ4v) is 3.79. The molecular formula is C22H28N4O2. The van der Waals surface area contributed by atoms with Crippen LogP contribution in [0.15, 0.2) is 29.4 Å². The number of hydrazone groups is 1. The van der Waals surface area contributed by atoms with Gasteiger partial charge < -0.3 is 9.47 Å². The molecule has 2 aromatic rings. The van der Waals surface area contributed by atoms with Crippen molar-refractivity contribution in [2.45, 2.75) is 47.0 Å². The van der Waals surface area contributed by atoms with E-state index in [4.69, 9.17) is 0 Å². The number of rotatable bonds is 3. The van der Waals surface area contributed by atoms with Crippen LogP contribution in [0.2, 0.25) is 0 Å². The summed E-state index contributed by atoms with van der Waals surface area (Å²) in [6, 6.07) is 8.40. The number of nitrogens with zero attached hydrogens (tertiary/aromatic N) is 3. The second-order valence-corrected chi connectivity index (χ2v) is 7.50. The minimum Gasteiger partial charge on any atom is -0.334 e. The van der Waals surface area contributed by atoms with E-state index in [-0.39, 0.29) is 0 Å². The number of nitrogens with one attached hydrogen (secondary N) is 1. The zero-order valence-corrected chi connectivity index (χ0v) is 17.1. The number of amides is 2. The summed E-state index contributed by atoms with van der Waals surface area (Å²) in [6.45, 7) is 9.54. The number of benzene rings is 1. The molecule has 1 aliphatic rings. The molecular weight excluding hydrogens is 352 g/mol. The van der Waals surface area contributed by atoms with Crippen LogP contribution in [0.4, 0.5) is 0 Å². The van der Waals surface area contributed by atoms with Crippen LogP contribution in [0, 0.1) is 27.7 Å². The van der Waals surface area contributed by atoms with Gasteiger partial charge in [0.15, 0.2) is 0 Å². The van der Waals surface area contributed by atoms with Gasteiger partial charge in [0, 0.05) is 35.7 Å². The zero-order chi connectivity index (χ0) is 20.3. The SMILES string of the molecule is Cc1ccc(-n2c(C)cc(/C=N\NC(=O)C(=O)N3CCCCC3)c2C)c(C)c1. The molecule has 1 aliphatic heterocycles. The second kappa shape index (κ2) is 8.42. The standard InChI is InChI=1S/C22H28N4O2/c1-15-8-9-20(16(2)12-15)26-17(3)13-19(18(26)4)14-23-24-21(27)22(28)25-10-6-5-7-11-25/h8-9,12-14H,5-7,10-11H2,1-4H3,(H,24,27)/b23-14-. The van der Waals surface area contributed by atoms with Crippen LogP contribution in [0.25, 0.3) is 5.69 Å². The number of piperidine rings is 1. The molecule has 0 spiro atoms. The van der Waals surface area contributed by atoms with Gasteiger partial charge in [0.25, 0.3) is 0 Å². The Balaban J connectivity index is 1.72. The summed E-state index contributed by atoms with van der Waals surface area (Å²) in [4.78, 5) is 25.8. The first-order chi connectivity index (χ1) is 13.4. The summed E-state index contributed by atoms with van der Waals surface area (Å²) < 4.78 is 2.18. The third kappa shape index (κ3) is 4.16. The highest BCUT2D eigenvalue weighted by Gasteiger charge is 2.22. The van der Waals surface area contributed by atoms with E-state index < -0.39 is 11.8 Å². The Morgan fingerprint density at radius 1 is 1.04 bits per heavy atom. The largest absolute Gasteiger partial charge is 0.334 e. The highest BCUT2D eigenvalue weighted by Crippen LogP contribution is 2.23.